The first-order chi connectivity index (χ1) is 31.6. The number of hydrogen-bond acceptors (Lipinski definition) is 8. The zero-order valence-corrected chi connectivity index (χ0v) is 41.3. The van der Waals surface area contributed by atoms with Gasteiger partial charge in [0.05, 0.1) is 51.0 Å². The van der Waals surface area contributed by atoms with E-state index >= 15 is 0 Å². The van der Waals surface area contributed by atoms with Gasteiger partial charge in [-0.2, -0.15) is 10.2 Å². The molecule has 0 N–H and O–H groups in total. The quantitative estimate of drug-likeness (QED) is 0.0523. The van der Waals surface area contributed by atoms with Gasteiger partial charge in [-0.1, -0.05) is 169 Å². The molecule has 0 aliphatic heterocycles. The van der Waals surface area contributed by atoms with Crippen molar-refractivity contribution >= 4 is 24.3 Å². The molecule has 0 aliphatic carbocycles. The minimum Gasteiger partial charge on any atom is -0.490 e. The van der Waals surface area contributed by atoms with Crippen LogP contribution in [0.2, 0.25) is 0 Å². The van der Waals surface area contributed by atoms with Crippen LogP contribution in [0.15, 0.2) is 36.4 Å². The Kier molecular flexibility index (Phi) is 30.5. The van der Waals surface area contributed by atoms with Gasteiger partial charge >= 0.3 is 0 Å². The van der Waals surface area contributed by atoms with Gasteiger partial charge in [-0.05, 0) is 98.2 Å². The number of rotatable bonds is 40. The molecule has 1 aromatic heterocycles. The Balaban J connectivity index is 1.86. The fourth-order valence-electron chi connectivity index (χ4n) is 7.24. The maximum atomic E-state index is 6.44. The summed E-state index contributed by atoms with van der Waals surface area (Å²) in [5.74, 6) is 4.40. The molecular weight excluding hydrogens is 797 g/mol. The zero-order valence-electron chi connectivity index (χ0n) is 41.3. The molecule has 0 saturated carbocycles. The van der Waals surface area contributed by atoms with Crippen LogP contribution in [0, 0.1) is 0 Å². The first-order valence-electron chi connectivity index (χ1n) is 25.9. The molecule has 0 atom stereocenters. The fraction of sp³-hybridized carbons (Fsp3) is 0.643. The van der Waals surface area contributed by atoms with E-state index in [4.69, 9.17) is 28.4 Å². The number of nitrogens with zero attached hydrogens (tertiary/aromatic N) is 2. The van der Waals surface area contributed by atoms with Crippen LogP contribution in [0.4, 0.5) is 0 Å². The monoisotopic (exact) mass is 885 g/mol. The van der Waals surface area contributed by atoms with Gasteiger partial charge < -0.3 is 28.4 Å². The maximum Gasteiger partial charge on any atom is 0.203 e. The molecule has 0 spiro atoms. The van der Waals surface area contributed by atoms with Gasteiger partial charge in [0.2, 0.25) is 11.5 Å². The Bertz CT molecular complexity index is 1480. The molecular formula is C56H88N2O6. The van der Waals surface area contributed by atoms with E-state index in [0.29, 0.717) is 39.6 Å². The van der Waals surface area contributed by atoms with E-state index in [-0.39, 0.29) is 0 Å². The minimum absolute atomic E-state index is 0.644. The van der Waals surface area contributed by atoms with E-state index in [2.05, 4.69) is 88.2 Å². The summed E-state index contributed by atoms with van der Waals surface area (Å²) in [5.41, 5.74) is 3.46. The highest BCUT2D eigenvalue weighted by Gasteiger charge is 2.17. The molecule has 0 fully saturated rings. The normalized spacial score (nSPS) is 11.5. The lowest BCUT2D eigenvalue weighted by Crippen LogP contribution is -2.06. The predicted molar refractivity (Wildman–Crippen MR) is 271 cm³/mol. The van der Waals surface area contributed by atoms with E-state index < -0.39 is 0 Å². The molecule has 2 aromatic carbocycles. The van der Waals surface area contributed by atoms with Crippen LogP contribution in [0.25, 0.3) is 24.3 Å². The molecule has 0 bridgehead atoms. The van der Waals surface area contributed by atoms with Crippen LogP contribution in [0.5, 0.6) is 34.5 Å². The molecule has 0 aliphatic rings. The van der Waals surface area contributed by atoms with Crippen molar-refractivity contribution in [1.82, 2.24) is 10.2 Å². The summed E-state index contributed by atoms with van der Waals surface area (Å²) in [4.78, 5) is 0. The molecule has 0 unspecified atom stereocenters. The van der Waals surface area contributed by atoms with E-state index in [9.17, 15) is 0 Å². The number of benzene rings is 2. The van der Waals surface area contributed by atoms with Crippen molar-refractivity contribution in [2.75, 3.05) is 39.6 Å². The third-order valence-electron chi connectivity index (χ3n) is 11.2. The SMILES string of the molecule is CCCCCCOc1cc(/C=C/c2ccc(/C=C/c3cc(OCCCCCC)c(OCCCCCC)c(OCCCCCC)c3)nn2)cc(OCCCCCC)c1OCCCCCC. The average Bonchev–Trinajstić information content (AvgIpc) is 3.31. The number of ether oxygens (including phenoxy) is 6. The maximum absolute atomic E-state index is 6.44. The fourth-order valence-corrected chi connectivity index (χ4v) is 7.24. The van der Waals surface area contributed by atoms with Crippen molar-refractivity contribution in [3.05, 3.63) is 58.9 Å². The van der Waals surface area contributed by atoms with Crippen LogP contribution in [0.3, 0.4) is 0 Å². The second kappa shape index (κ2) is 36.1. The predicted octanol–water partition coefficient (Wildman–Crippen LogP) is 16.6. The van der Waals surface area contributed by atoms with E-state index in [0.717, 1.165) is 134 Å². The van der Waals surface area contributed by atoms with E-state index in [1.165, 1.54) is 77.0 Å². The summed E-state index contributed by atoms with van der Waals surface area (Å²) in [6, 6.07) is 12.3. The van der Waals surface area contributed by atoms with Crippen LogP contribution in [0.1, 0.15) is 218 Å². The Morgan fingerprint density at radius 2 is 0.562 bits per heavy atom. The minimum atomic E-state index is 0.644. The van der Waals surface area contributed by atoms with E-state index in [1.807, 2.05) is 24.3 Å². The first-order valence-corrected chi connectivity index (χ1v) is 25.9. The second-order valence-electron chi connectivity index (χ2n) is 17.2. The van der Waals surface area contributed by atoms with Crippen LogP contribution in [-0.4, -0.2) is 49.8 Å². The smallest absolute Gasteiger partial charge is 0.203 e. The van der Waals surface area contributed by atoms with Gasteiger partial charge in [-0.25, -0.2) is 0 Å². The van der Waals surface area contributed by atoms with E-state index in [1.54, 1.807) is 0 Å². The summed E-state index contributed by atoms with van der Waals surface area (Å²) in [6.45, 7) is 17.3. The van der Waals surface area contributed by atoms with Crippen molar-refractivity contribution in [2.24, 2.45) is 0 Å². The first kappa shape index (κ1) is 54.1. The van der Waals surface area contributed by atoms with Crippen LogP contribution in [-0.2, 0) is 0 Å². The third kappa shape index (κ3) is 23.1. The Hall–Kier alpha value is -4.20. The number of aromatic nitrogens is 2. The Morgan fingerprint density at radius 3 is 0.797 bits per heavy atom. The lowest BCUT2D eigenvalue weighted by Gasteiger charge is -2.18. The largest absolute Gasteiger partial charge is 0.490 e. The van der Waals surface area contributed by atoms with Gasteiger partial charge in [-0.15, -0.1) is 0 Å². The topological polar surface area (TPSA) is 81.2 Å². The summed E-state index contributed by atoms with van der Waals surface area (Å²) in [7, 11) is 0. The highest BCUT2D eigenvalue weighted by molar-refractivity contribution is 5.73. The third-order valence-corrected chi connectivity index (χ3v) is 11.2. The molecule has 8 heteroatoms. The van der Waals surface area contributed by atoms with Gasteiger partial charge in [0.15, 0.2) is 23.0 Å². The molecule has 0 amide bonds. The highest BCUT2D eigenvalue weighted by Crippen LogP contribution is 2.41. The summed E-state index contributed by atoms with van der Waals surface area (Å²) < 4.78 is 38.6. The van der Waals surface area contributed by atoms with Crippen LogP contribution < -0.4 is 28.4 Å². The van der Waals surface area contributed by atoms with Crippen LogP contribution >= 0.6 is 0 Å². The summed E-state index contributed by atoms with van der Waals surface area (Å²) >= 11 is 0. The highest BCUT2D eigenvalue weighted by atomic mass is 16.5. The Labute approximate surface area is 390 Å². The molecule has 358 valence electrons. The van der Waals surface area contributed by atoms with Gasteiger partial charge in [0.1, 0.15) is 0 Å². The second-order valence-corrected chi connectivity index (χ2v) is 17.2. The lowest BCUT2D eigenvalue weighted by atomic mass is 10.1. The molecule has 3 rings (SSSR count). The van der Waals surface area contributed by atoms with Crippen molar-refractivity contribution < 1.29 is 28.4 Å². The molecule has 0 radical (unpaired) electrons. The van der Waals surface area contributed by atoms with Crippen molar-refractivity contribution in [2.45, 2.75) is 196 Å². The standard InChI is InChI=1S/C56H88N2O6/c1-7-13-19-25-37-59-51-43-47(44-52(60-38-26-20-14-8-2)55(51)63-41-29-23-17-11-5)31-33-49-35-36-50(58-57-49)34-32-48-45-53(61-39-27-21-15-9-3)56(64-42-30-24-18-12-6)54(46-48)62-40-28-22-16-10-4/h31-36,43-46H,7-30,37-42H2,1-6H3/b33-31+,34-32+. The van der Waals surface area contributed by atoms with Crippen molar-refractivity contribution in [1.29, 1.82) is 0 Å². The zero-order chi connectivity index (χ0) is 45.7. The van der Waals surface area contributed by atoms with Crippen molar-refractivity contribution in [3.8, 4) is 34.5 Å². The molecule has 3 aromatic rings. The van der Waals surface area contributed by atoms with Crippen molar-refractivity contribution in [3.63, 3.8) is 0 Å². The number of unbranched alkanes of at least 4 members (excludes halogenated alkanes) is 18. The molecule has 1 heterocycles. The molecule has 8 nitrogen and oxygen atoms in total. The summed E-state index contributed by atoms with van der Waals surface area (Å²) in [5, 5.41) is 9.16. The van der Waals surface area contributed by atoms with Gasteiger partial charge in [0, 0.05) is 0 Å². The average molecular weight is 885 g/mol. The Morgan fingerprint density at radius 1 is 0.312 bits per heavy atom. The summed E-state index contributed by atoms with van der Waals surface area (Å²) in [6.07, 6.45) is 35.5. The van der Waals surface area contributed by atoms with Gasteiger partial charge in [-0.3, -0.25) is 0 Å². The van der Waals surface area contributed by atoms with Gasteiger partial charge in [0.25, 0.3) is 0 Å². The number of hydrogen-bond donors (Lipinski definition) is 0. The molecule has 64 heavy (non-hydrogen) atoms. The lowest BCUT2D eigenvalue weighted by molar-refractivity contribution is 0.234. The molecule has 0 saturated heterocycles.